The molecule has 0 amide bonds. The number of benzene rings is 7. The van der Waals surface area contributed by atoms with Gasteiger partial charge in [-0.05, 0) is 237 Å². The molecule has 0 aliphatic carbocycles. The molecule has 4 saturated heterocycles. The van der Waals surface area contributed by atoms with Gasteiger partial charge >= 0.3 is 23.9 Å². The first-order valence-electron chi connectivity index (χ1n) is 44.4. The van der Waals surface area contributed by atoms with Gasteiger partial charge in [-0.15, -0.1) is 13.1 Å². The Morgan fingerprint density at radius 2 is 0.682 bits per heavy atom. The second kappa shape index (κ2) is 42.3. The molecule has 679 valence electrons. The summed E-state index contributed by atoms with van der Waals surface area (Å²) in [5.41, 5.74) is 9.61. The summed E-state index contributed by atoms with van der Waals surface area (Å²) in [5, 5.41) is 12.4. The van der Waals surface area contributed by atoms with Crippen LogP contribution in [-0.2, 0) is 75.7 Å². The number of piperidine rings is 4. The van der Waals surface area contributed by atoms with Crippen LogP contribution in [-0.4, -0.2) is 208 Å². The van der Waals surface area contributed by atoms with Crippen molar-refractivity contribution in [3.05, 3.63) is 219 Å². The first-order chi connectivity index (χ1) is 61.6. The van der Waals surface area contributed by atoms with Crippen molar-refractivity contribution in [2.24, 2.45) is 0 Å². The number of rotatable bonds is 19. The maximum atomic E-state index is 12.7. The normalized spacial score (nSPS) is 17.3. The fourth-order valence-electron chi connectivity index (χ4n) is 18.9. The van der Waals surface area contributed by atoms with Crippen molar-refractivity contribution in [3.8, 4) is 34.5 Å². The smallest absolute Gasteiger partial charge is 0.337 e. The van der Waals surface area contributed by atoms with Crippen molar-refractivity contribution in [1.29, 1.82) is 0 Å². The number of nitrogens with zero attached hydrogens (tertiary/aromatic N) is 7. The molecule has 0 saturated carbocycles. The molecule has 7 aliphatic heterocycles. The van der Waals surface area contributed by atoms with Crippen molar-refractivity contribution < 1.29 is 118 Å². The van der Waals surface area contributed by atoms with Gasteiger partial charge in [-0.1, -0.05) is 37.1 Å². The number of carbonyl (C=O) groups is 8. The molecule has 4 fully saturated rings. The fourth-order valence-corrected chi connectivity index (χ4v) is 18.9. The third-order valence-corrected chi connectivity index (χ3v) is 25.6. The van der Waals surface area contributed by atoms with Gasteiger partial charge in [0, 0.05) is 166 Å². The Kier molecular flexibility index (Phi) is 31.3. The molecule has 18 rings (SSSR count). The first-order valence-corrected chi connectivity index (χ1v) is 44.4. The Labute approximate surface area is 779 Å². The second-order valence-electron chi connectivity index (χ2n) is 35.6. The molecule has 11 aromatic rings. The van der Waals surface area contributed by atoms with Crippen LogP contribution < -0.4 is 33.7 Å². The SMILES string of the molecule is COC(=O)c1ccc2ccn(C3CCN(CCc4c(OC)ccc5c4OC(C)(C)CC5=O)CC3)c2c1.COC(=O)c1ccc2ccn(C3CCN(CCc4c(OC)ccc5c4OC(C)(C)CC5=O)CC3)c2c1.COC(=O)c1ccc2ccn(C3CCNCC3)c2c1.COC(=O)c1ccc2ccn(C3CC[N-]CC3)c2c1.COc1ccc2c(c1CC=O)OC(C)(C)CC2=O.[Y]. The number of likely N-dealkylation sites (tertiary alicyclic amines) is 2. The van der Waals surface area contributed by atoms with Crippen LogP contribution in [0.3, 0.4) is 0 Å². The number of ether oxygens (including phenoxy) is 10. The van der Waals surface area contributed by atoms with E-state index in [1.54, 1.807) is 26.4 Å². The minimum atomic E-state index is -0.548. The number of aromatic nitrogens is 4. The minimum Gasteiger partial charge on any atom is -0.662 e. The molecular formula is C102H119N8O18Y-. The molecule has 26 nitrogen and oxygen atoms in total. The number of fused-ring (bicyclic) bond motifs is 7. The van der Waals surface area contributed by atoms with Crippen LogP contribution in [0.4, 0.5) is 0 Å². The molecule has 1 N–H and O–H groups in total. The third-order valence-electron chi connectivity index (χ3n) is 25.6. The fraction of sp³-hybridized carbons (Fsp3) is 0.431. The molecular weight excluding hydrogens is 1710 g/mol. The van der Waals surface area contributed by atoms with Gasteiger partial charge in [0.1, 0.15) is 57.6 Å². The Hall–Kier alpha value is -11.0. The molecule has 0 atom stereocenters. The van der Waals surface area contributed by atoms with E-state index in [0.717, 1.165) is 197 Å². The van der Waals surface area contributed by atoms with Crippen LogP contribution in [0.1, 0.15) is 226 Å². The summed E-state index contributed by atoms with van der Waals surface area (Å²) in [6, 6.07) is 43.9. The van der Waals surface area contributed by atoms with Crippen LogP contribution >= 0.6 is 0 Å². The van der Waals surface area contributed by atoms with Gasteiger partial charge in [-0.3, -0.25) is 14.4 Å². The van der Waals surface area contributed by atoms with E-state index in [2.05, 4.69) is 87.8 Å². The number of esters is 4. The summed E-state index contributed by atoms with van der Waals surface area (Å²) in [7, 11) is 10.5. The van der Waals surface area contributed by atoms with E-state index in [1.807, 2.05) is 139 Å². The van der Waals surface area contributed by atoms with Crippen molar-refractivity contribution in [2.45, 2.75) is 172 Å². The zero-order valence-electron chi connectivity index (χ0n) is 76.4. The number of ketones is 3. The van der Waals surface area contributed by atoms with Crippen molar-refractivity contribution in [3.63, 3.8) is 0 Å². The van der Waals surface area contributed by atoms with E-state index < -0.39 is 16.8 Å². The van der Waals surface area contributed by atoms with Crippen LogP contribution in [0.25, 0.3) is 48.9 Å². The van der Waals surface area contributed by atoms with Gasteiger partial charge in [0.2, 0.25) is 0 Å². The predicted octanol–water partition coefficient (Wildman–Crippen LogP) is 17.8. The minimum absolute atomic E-state index is 0. The number of nitrogens with one attached hydrogen (secondary N) is 1. The van der Waals surface area contributed by atoms with Gasteiger partial charge in [-0.2, -0.15) is 0 Å². The molecule has 0 unspecified atom stereocenters. The van der Waals surface area contributed by atoms with Crippen molar-refractivity contribution in [1.82, 2.24) is 33.4 Å². The summed E-state index contributed by atoms with van der Waals surface area (Å²) in [6.07, 6.45) is 20.6. The zero-order valence-corrected chi connectivity index (χ0v) is 79.3. The summed E-state index contributed by atoms with van der Waals surface area (Å²) in [5.74, 6) is 3.08. The summed E-state index contributed by atoms with van der Waals surface area (Å²) in [6.45, 7) is 21.2. The predicted molar refractivity (Wildman–Crippen MR) is 492 cm³/mol. The Morgan fingerprint density at radius 3 is 0.977 bits per heavy atom. The summed E-state index contributed by atoms with van der Waals surface area (Å²) < 4.78 is 63.5. The average molecular weight is 1830 g/mol. The van der Waals surface area contributed by atoms with Crippen LogP contribution in [0.5, 0.6) is 34.5 Å². The van der Waals surface area contributed by atoms with Gasteiger partial charge in [0.05, 0.1) is 108 Å². The quantitative estimate of drug-likeness (QED) is 0.0447. The Bertz CT molecular complexity index is 5600. The Morgan fingerprint density at radius 1 is 0.395 bits per heavy atom. The van der Waals surface area contributed by atoms with Crippen LogP contribution in [0.2, 0.25) is 0 Å². The Balaban J connectivity index is 0.000000142. The molecule has 7 aromatic carbocycles. The summed E-state index contributed by atoms with van der Waals surface area (Å²) in [4.78, 5) is 100. The topological polar surface area (TPSA) is 281 Å². The second-order valence-corrected chi connectivity index (χ2v) is 35.6. The van der Waals surface area contributed by atoms with Gasteiger partial charge < -0.3 is 90.9 Å². The van der Waals surface area contributed by atoms with E-state index in [4.69, 9.17) is 47.4 Å². The van der Waals surface area contributed by atoms with E-state index in [-0.39, 0.29) is 80.4 Å². The molecule has 11 heterocycles. The number of Topliss-reactive ketones (excluding diaryl/α,β-unsaturated/α-hetero) is 3. The zero-order chi connectivity index (χ0) is 90.7. The van der Waals surface area contributed by atoms with E-state index in [0.29, 0.717) is 111 Å². The molecule has 27 heteroatoms. The van der Waals surface area contributed by atoms with Crippen LogP contribution in [0.15, 0.2) is 158 Å². The van der Waals surface area contributed by atoms with E-state index in [1.165, 1.54) is 40.9 Å². The maximum Gasteiger partial charge on any atom is 0.337 e. The van der Waals surface area contributed by atoms with Gasteiger partial charge in [0.15, 0.2) is 17.3 Å². The standard InChI is InChI=1S/2C29H34N2O5.C15H18N2O2.C15H17N2O2.C14H16O4.Y/c2*1-29(2)18-25(32)22-7-8-26(34-3)23(27(22)36-29)12-15-30-13-10-21(11-14-30)31-16-9-19-5-6-20(17-24(19)31)28(33)35-4;2*1-19-15(18)12-3-2-11-6-9-17(14(11)10-12)13-4-7-16-8-5-13;1-14(2)8-11(16)9-4-5-12(17-3)10(6-7-15)13(9)18-14;/h2*5-9,16-17,21H,10-15,18H2,1-4H3;2-3,6,9-10,13,16H,4-5,7-8H2,1H3;2-3,6,9-10,13H,4-5,7-8H2,1H3;4-5,7H,6,8H2,1-3H3;/q;;;-1;;. The van der Waals surface area contributed by atoms with Crippen LogP contribution in [0, 0.1) is 0 Å². The number of carbonyl (C=O) groups excluding carboxylic acids is 8. The van der Waals surface area contributed by atoms with E-state index >= 15 is 0 Å². The van der Waals surface area contributed by atoms with Crippen molar-refractivity contribution in [2.75, 3.05) is 115 Å². The molecule has 7 aliphatic rings. The molecule has 1 radical (unpaired) electrons. The first kappa shape index (κ1) is 95.6. The van der Waals surface area contributed by atoms with Crippen molar-refractivity contribution >= 4 is 91.1 Å². The maximum absolute atomic E-state index is 12.7. The molecule has 129 heavy (non-hydrogen) atoms. The molecule has 0 spiro atoms. The monoisotopic (exact) mass is 1830 g/mol. The largest absolute Gasteiger partial charge is 0.662 e. The number of hydrogen-bond acceptors (Lipinski definition) is 21. The summed E-state index contributed by atoms with van der Waals surface area (Å²) >= 11 is 0. The number of hydrogen-bond donors (Lipinski definition) is 1. The van der Waals surface area contributed by atoms with Gasteiger partial charge in [-0.25, -0.2) is 19.2 Å². The average Bonchev–Trinajstić information content (AvgIpc) is 1.65. The number of methoxy groups -OCH3 is 7. The molecule has 4 aromatic heterocycles. The third kappa shape index (κ3) is 22.0. The van der Waals surface area contributed by atoms with Gasteiger partial charge in [0.25, 0.3) is 0 Å². The molecule has 0 bridgehead atoms. The van der Waals surface area contributed by atoms with E-state index in [9.17, 15) is 38.4 Å². The number of aldehydes is 1.